The normalized spacial score (nSPS) is 12.4. The van der Waals surface area contributed by atoms with E-state index in [1.165, 1.54) is 16.7 Å². The van der Waals surface area contributed by atoms with E-state index in [4.69, 9.17) is 23.2 Å². The lowest BCUT2D eigenvalue weighted by molar-refractivity contribution is 0.896. The zero-order chi connectivity index (χ0) is 13.0. The largest absolute Gasteiger partial charge is 0.117 e. The molecule has 0 fully saturated rings. The molecule has 0 nitrogen and oxygen atoms in total. The minimum atomic E-state index is -0.000355. The van der Waals surface area contributed by atoms with Crippen molar-refractivity contribution in [3.8, 4) is 0 Å². The third kappa shape index (κ3) is 3.28. The molecule has 2 heteroatoms. The maximum atomic E-state index is 6.53. The molecule has 0 amide bonds. The molecule has 0 aliphatic rings. The van der Waals surface area contributed by atoms with Crippen molar-refractivity contribution < 1.29 is 0 Å². The minimum Gasteiger partial charge on any atom is -0.117 e. The molecule has 0 saturated carbocycles. The fraction of sp³-hybridized carbons (Fsp3) is 0.250. The summed E-state index contributed by atoms with van der Waals surface area (Å²) in [5, 5.41) is 0.764. The smallest absolute Gasteiger partial charge is 0.0628 e. The van der Waals surface area contributed by atoms with Crippen LogP contribution in [0.3, 0.4) is 0 Å². The summed E-state index contributed by atoms with van der Waals surface area (Å²) in [5.41, 5.74) is 3.72. The van der Waals surface area contributed by atoms with Crippen LogP contribution in [0.2, 0.25) is 5.02 Å². The van der Waals surface area contributed by atoms with Crippen LogP contribution in [0.25, 0.3) is 0 Å². The van der Waals surface area contributed by atoms with Crippen molar-refractivity contribution in [3.63, 3.8) is 0 Å². The number of halogens is 2. The molecule has 0 aromatic heterocycles. The lowest BCUT2D eigenvalue weighted by Gasteiger charge is -2.14. The fourth-order valence-electron chi connectivity index (χ4n) is 2.14. The molecule has 0 spiro atoms. The van der Waals surface area contributed by atoms with Gasteiger partial charge in [-0.25, -0.2) is 0 Å². The van der Waals surface area contributed by atoms with Crippen LogP contribution in [0.5, 0.6) is 0 Å². The molecule has 1 atom stereocenters. The van der Waals surface area contributed by atoms with Gasteiger partial charge in [0.15, 0.2) is 0 Å². The van der Waals surface area contributed by atoms with Crippen molar-refractivity contribution in [1.29, 1.82) is 0 Å². The van der Waals surface area contributed by atoms with Gasteiger partial charge in [0.2, 0.25) is 0 Å². The average molecular weight is 279 g/mol. The van der Waals surface area contributed by atoms with E-state index in [9.17, 15) is 0 Å². The third-order valence-corrected chi connectivity index (χ3v) is 3.70. The van der Waals surface area contributed by atoms with Gasteiger partial charge in [-0.15, -0.1) is 11.6 Å². The van der Waals surface area contributed by atoms with Crippen LogP contribution in [0.4, 0.5) is 0 Å². The summed E-state index contributed by atoms with van der Waals surface area (Å²) in [4.78, 5) is 0. The second-order valence-electron chi connectivity index (χ2n) is 4.35. The topological polar surface area (TPSA) is 0 Å². The average Bonchev–Trinajstić information content (AvgIpc) is 2.38. The molecule has 2 aromatic carbocycles. The third-order valence-electron chi connectivity index (χ3n) is 3.08. The number of rotatable bonds is 4. The van der Waals surface area contributed by atoms with Crippen molar-refractivity contribution in [1.82, 2.24) is 0 Å². The summed E-state index contributed by atoms with van der Waals surface area (Å²) in [6.45, 7) is 2.15. The molecule has 0 radical (unpaired) electrons. The molecular weight excluding hydrogens is 263 g/mol. The van der Waals surface area contributed by atoms with E-state index in [0.717, 1.165) is 17.9 Å². The monoisotopic (exact) mass is 278 g/mol. The number of alkyl halides is 1. The van der Waals surface area contributed by atoms with Gasteiger partial charge in [-0.1, -0.05) is 54.9 Å². The first kappa shape index (κ1) is 13.5. The number of hydrogen-bond donors (Lipinski definition) is 0. The fourth-order valence-corrected chi connectivity index (χ4v) is 2.75. The van der Waals surface area contributed by atoms with Gasteiger partial charge in [0.05, 0.1) is 5.38 Å². The predicted octanol–water partition coefficient (Wildman–Crippen LogP) is 5.43. The van der Waals surface area contributed by atoms with Crippen LogP contribution in [0.1, 0.15) is 29.0 Å². The van der Waals surface area contributed by atoms with Crippen LogP contribution in [0.15, 0.2) is 48.5 Å². The quantitative estimate of drug-likeness (QED) is 0.655. The van der Waals surface area contributed by atoms with E-state index in [1.54, 1.807) is 0 Å². The molecule has 0 N–H and O–H groups in total. The highest BCUT2D eigenvalue weighted by atomic mass is 35.5. The van der Waals surface area contributed by atoms with Gasteiger partial charge in [0, 0.05) is 5.02 Å². The molecule has 18 heavy (non-hydrogen) atoms. The zero-order valence-corrected chi connectivity index (χ0v) is 11.9. The van der Waals surface area contributed by atoms with Crippen molar-refractivity contribution in [3.05, 3.63) is 70.2 Å². The standard InChI is InChI=1S/C16H16Cl2/c1-2-13-7-3-4-9-15(13)16(18)11-12-6-5-8-14(17)10-12/h3-10,16H,2,11H2,1H3. The van der Waals surface area contributed by atoms with Gasteiger partial charge in [0.25, 0.3) is 0 Å². The zero-order valence-electron chi connectivity index (χ0n) is 10.4. The second kappa shape index (κ2) is 6.26. The van der Waals surface area contributed by atoms with Crippen molar-refractivity contribution >= 4 is 23.2 Å². The maximum Gasteiger partial charge on any atom is 0.0628 e. The maximum absolute atomic E-state index is 6.53. The van der Waals surface area contributed by atoms with Crippen LogP contribution >= 0.6 is 23.2 Å². The highest BCUT2D eigenvalue weighted by molar-refractivity contribution is 6.30. The highest BCUT2D eigenvalue weighted by Gasteiger charge is 2.12. The van der Waals surface area contributed by atoms with E-state index in [-0.39, 0.29) is 5.38 Å². The predicted molar refractivity (Wildman–Crippen MR) is 79.6 cm³/mol. The first-order valence-corrected chi connectivity index (χ1v) is 6.98. The Kier molecular flexibility index (Phi) is 4.68. The molecule has 1 unspecified atom stereocenters. The molecule has 94 valence electrons. The highest BCUT2D eigenvalue weighted by Crippen LogP contribution is 2.28. The number of benzene rings is 2. The van der Waals surface area contributed by atoms with Gasteiger partial charge in [-0.2, -0.15) is 0 Å². The van der Waals surface area contributed by atoms with Gasteiger partial charge >= 0.3 is 0 Å². The van der Waals surface area contributed by atoms with Crippen molar-refractivity contribution in [2.75, 3.05) is 0 Å². The molecule has 0 aliphatic heterocycles. The van der Waals surface area contributed by atoms with E-state index < -0.39 is 0 Å². The van der Waals surface area contributed by atoms with Crippen molar-refractivity contribution in [2.45, 2.75) is 25.1 Å². The summed E-state index contributed by atoms with van der Waals surface area (Å²) in [7, 11) is 0. The van der Waals surface area contributed by atoms with Gasteiger partial charge in [-0.05, 0) is 41.7 Å². The Labute approximate surface area is 119 Å². The Balaban J connectivity index is 2.19. The van der Waals surface area contributed by atoms with Crippen LogP contribution in [0, 0.1) is 0 Å². The Bertz CT molecular complexity index is 520. The molecule has 0 bridgehead atoms. The lowest BCUT2D eigenvalue weighted by Crippen LogP contribution is -2.00. The Morgan fingerprint density at radius 2 is 1.83 bits per heavy atom. The van der Waals surface area contributed by atoms with E-state index >= 15 is 0 Å². The van der Waals surface area contributed by atoms with Crippen molar-refractivity contribution in [2.24, 2.45) is 0 Å². The summed E-state index contributed by atoms with van der Waals surface area (Å²) in [6.07, 6.45) is 1.81. The lowest BCUT2D eigenvalue weighted by atomic mass is 9.98. The Morgan fingerprint density at radius 3 is 2.56 bits per heavy atom. The second-order valence-corrected chi connectivity index (χ2v) is 5.32. The van der Waals surface area contributed by atoms with Crippen LogP contribution in [-0.4, -0.2) is 0 Å². The summed E-state index contributed by atoms with van der Waals surface area (Å²) < 4.78 is 0. The molecule has 0 saturated heterocycles. The Morgan fingerprint density at radius 1 is 1.06 bits per heavy atom. The van der Waals surface area contributed by atoms with Gasteiger partial charge < -0.3 is 0 Å². The molecule has 0 heterocycles. The first-order chi connectivity index (χ1) is 8.70. The van der Waals surface area contributed by atoms with Gasteiger partial charge in [-0.3, -0.25) is 0 Å². The van der Waals surface area contributed by atoms with Gasteiger partial charge in [0.1, 0.15) is 0 Å². The number of hydrogen-bond acceptors (Lipinski definition) is 0. The van der Waals surface area contributed by atoms with Crippen LogP contribution < -0.4 is 0 Å². The van der Waals surface area contributed by atoms with E-state index in [1.807, 2.05) is 24.3 Å². The summed E-state index contributed by atoms with van der Waals surface area (Å²) in [6, 6.07) is 16.2. The molecule has 0 aliphatic carbocycles. The Hall–Kier alpha value is -0.980. The summed E-state index contributed by atoms with van der Waals surface area (Å²) >= 11 is 12.5. The molecule has 2 aromatic rings. The summed E-state index contributed by atoms with van der Waals surface area (Å²) in [5.74, 6) is 0. The molecule has 2 rings (SSSR count). The van der Waals surface area contributed by atoms with E-state index in [0.29, 0.717) is 0 Å². The van der Waals surface area contributed by atoms with Crippen LogP contribution in [-0.2, 0) is 12.8 Å². The van der Waals surface area contributed by atoms with E-state index in [2.05, 4.69) is 31.2 Å². The minimum absolute atomic E-state index is 0.000355. The molecular formula is C16H16Cl2. The number of aryl methyl sites for hydroxylation is 1. The first-order valence-electron chi connectivity index (χ1n) is 6.17. The SMILES string of the molecule is CCc1ccccc1C(Cl)Cc1cccc(Cl)c1.